The van der Waals surface area contributed by atoms with Crippen LogP contribution in [0.3, 0.4) is 0 Å². The summed E-state index contributed by atoms with van der Waals surface area (Å²) in [6.07, 6.45) is 6.26. The van der Waals surface area contributed by atoms with Crippen LogP contribution in [0.15, 0.2) is 12.3 Å². The van der Waals surface area contributed by atoms with E-state index in [0.717, 1.165) is 32.1 Å². The molecule has 0 amide bonds. The third-order valence-corrected chi connectivity index (χ3v) is 3.45. The molecule has 6 heteroatoms. The Morgan fingerprint density at radius 1 is 1.47 bits per heavy atom. The van der Waals surface area contributed by atoms with Gasteiger partial charge in [-0.25, -0.2) is 9.97 Å². The van der Waals surface area contributed by atoms with Crippen molar-refractivity contribution < 1.29 is 9.90 Å². The number of nitrogens with zero attached hydrogens (tertiary/aromatic N) is 3. The Morgan fingerprint density at radius 3 is 2.84 bits per heavy atom. The van der Waals surface area contributed by atoms with E-state index in [-0.39, 0.29) is 12.1 Å². The number of hydrogen-bond donors (Lipinski definition) is 2. The maximum atomic E-state index is 11.1. The van der Waals surface area contributed by atoms with Crippen LogP contribution in [0.5, 0.6) is 0 Å². The predicted molar refractivity (Wildman–Crippen MR) is 68.4 cm³/mol. The van der Waals surface area contributed by atoms with Gasteiger partial charge in [-0.05, 0) is 18.9 Å². The first-order chi connectivity index (χ1) is 9.13. The molecule has 0 atom stereocenters. The van der Waals surface area contributed by atoms with Crippen LogP contribution in [0.4, 0.5) is 5.95 Å². The second kappa shape index (κ2) is 5.65. The van der Waals surface area contributed by atoms with Gasteiger partial charge in [-0.2, -0.15) is 5.26 Å². The fourth-order valence-corrected chi connectivity index (χ4v) is 2.58. The largest absolute Gasteiger partial charge is 0.481 e. The number of hydrogen-bond acceptors (Lipinski definition) is 5. The molecule has 1 fully saturated rings. The first-order valence-electron chi connectivity index (χ1n) is 6.37. The Balaban J connectivity index is 2.19. The molecule has 0 bridgehead atoms. The molecular weight excluding hydrogens is 244 g/mol. The van der Waals surface area contributed by atoms with Crippen LogP contribution < -0.4 is 5.32 Å². The van der Waals surface area contributed by atoms with Crippen molar-refractivity contribution in [3.8, 4) is 6.07 Å². The van der Waals surface area contributed by atoms with Gasteiger partial charge in [0.1, 0.15) is 11.8 Å². The molecule has 0 radical (unpaired) electrons. The molecule has 1 aliphatic rings. The van der Waals surface area contributed by atoms with Gasteiger partial charge < -0.3 is 10.4 Å². The fourth-order valence-electron chi connectivity index (χ4n) is 2.58. The minimum atomic E-state index is -0.828. The number of aliphatic carboxylic acids is 1. The highest BCUT2D eigenvalue weighted by atomic mass is 16.4. The molecule has 6 nitrogen and oxygen atoms in total. The van der Waals surface area contributed by atoms with Gasteiger partial charge in [0.05, 0.1) is 12.0 Å². The van der Waals surface area contributed by atoms with Crippen LogP contribution in [0.2, 0.25) is 0 Å². The van der Waals surface area contributed by atoms with Gasteiger partial charge in [0.25, 0.3) is 0 Å². The zero-order valence-corrected chi connectivity index (χ0v) is 10.6. The maximum Gasteiger partial charge on any atom is 0.305 e. The van der Waals surface area contributed by atoms with E-state index in [0.29, 0.717) is 5.95 Å². The second-order valence-corrected chi connectivity index (χ2v) is 4.91. The summed E-state index contributed by atoms with van der Waals surface area (Å²) in [5, 5.41) is 21.0. The molecule has 0 aliphatic heterocycles. The van der Waals surface area contributed by atoms with Crippen molar-refractivity contribution >= 4 is 11.9 Å². The normalized spacial score (nSPS) is 17.4. The highest BCUT2D eigenvalue weighted by Gasteiger charge is 2.35. The smallest absolute Gasteiger partial charge is 0.305 e. The molecular formula is C13H16N4O2. The fraction of sp³-hybridized carbons (Fsp3) is 0.538. The van der Waals surface area contributed by atoms with E-state index >= 15 is 0 Å². The van der Waals surface area contributed by atoms with Gasteiger partial charge in [-0.1, -0.05) is 19.3 Å². The Hall–Kier alpha value is -2.16. The van der Waals surface area contributed by atoms with Crippen LogP contribution in [0, 0.1) is 11.3 Å². The molecule has 0 unspecified atom stereocenters. The number of rotatable bonds is 4. The molecule has 2 N–H and O–H groups in total. The van der Waals surface area contributed by atoms with E-state index in [4.69, 9.17) is 10.4 Å². The lowest BCUT2D eigenvalue weighted by atomic mass is 9.79. The average Bonchev–Trinajstić information content (AvgIpc) is 2.39. The van der Waals surface area contributed by atoms with Crippen molar-refractivity contribution in [2.45, 2.75) is 44.1 Å². The summed E-state index contributed by atoms with van der Waals surface area (Å²) >= 11 is 0. The first-order valence-corrected chi connectivity index (χ1v) is 6.37. The quantitative estimate of drug-likeness (QED) is 0.858. The van der Waals surface area contributed by atoms with Crippen molar-refractivity contribution in [2.75, 3.05) is 5.32 Å². The predicted octanol–water partition coefficient (Wildman–Crippen LogP) is 1.94. The highest BCUT2D eigenvalue weighted by Crippen LogP contribution is 2.33. The SMILES string of the molecule is N#Cc1ccnc(NC2(CC(=O)O)CCCCC2)n1. The highest BCUT2D eigenvalue weighted by molar-refractivity contribution is 5.69. The lowest BCUT2D eigenvalue weighted by Crippen LogP contribution is -2.42. The number of nitriles is 1. The lowest BCUT2D eigenvalue weighted by molar-refractivity contribution is -0.138. The number of carbonyl (C=O) groups is 1. The molecule has 1 aliphatic carbocycles. The van der Waals surface area contributed by atoms with Gasteiger partial charge in [0, 0.05) is 6.20 Å². The molecule has 19 heavy (non-hydrogen) atoms. The van der Waals surface area contributed by atoms with Crippen LogP contribution in [-0.4, -0.2) is 26.6 Å². The number of nitrogens with one attached hydrogen (secondary N) is 1. The molecule has 1 saturated carbocycles. The van der Waals surface area contributed by atoms with Crippen molar-refractivity contribution in [3.63, 3.8) is 0 Å². The lowest BCUT2D eigenvalue weighted by Gasteiger charge is -2.36. The third-order valence-electron chi connectivity index (χ3n) is 3.45. The van der Waals surface area contributed by atoms with Gasteiger partial charge >= 0.3 is 5.97 Å². The minimum Gasteiger partial charge on any atom is -0.481 e. The van der Waals surface area contributed by atoms with Crippen LogP contribution in [-0.2, 0) is 4.79 Å². The Labute approximate surface area is 111 Å². The number of carboxylic acids is 1. The van der Waals surface area contributed by atoms with Crippen LogP contribution in [0.25, 0.3) is 0 Å². The summed E-state index contributed by atoms with van der Waals surface area (Å²) in [5.74, 6) is -0.493. The van der Waals surface area contributed by atoms with Gasteiger partial charge in [-0.3, -0.25) is 4.79 Å². The molecule has 2 rings (SSSR count). The number of aromatic nitrogens is 2. The van der Waals surface area contributed by atoms with Crippen LogP contribution in [0.1, 0.15) is 44.2 Å². The molecule has 100 valence electrons. The molecule has 1 aromatic rings. The Morgan fingerprint density at radius 2 is 2.21 bits per heavy atom. The standard InChI is InChI=1S/C13H16N4O2/c14-9-10-4-7-15-12(16-10)17-13(8-11(18)19)5-2-1-3-6-13/h4,7H,1-3,5-6,8H2,(H,18,19)(H,15,16,17). The Bertz CT molecular complexity index is 504. The molecule has 1 heterocycles. The van der Waals surface area contributed by atoms with E-state index in [1.54, 1.807) is 0 Å². The zero-order chi connectivity index (χ0) is 13.7. The van der Waals surface area contributed by atoms with Gasteiger partial charge in [0.2, 0.25) is 5.95 Å². The van der Waals surface area contributed by atoms with Crippen molar-refractivity contribution in [3.05, 3.63) is 18.0 Å². The minimum absolute atomic E-state index is 0.0488. The van der Waals surface area contributed by atoms with E-state index in [9.17, 15) is 4.79 Å². The van der Waals surface area contributed by atoms with Crippen molar-refractivity contribution in [1.29, 1.82) is 5.26 Å². The zero-order valence-electron chi connectivity index (χ0n) is 10.6. The summed E-state index contributed by atoms with van der Waals surface area (Å²) in [7, 11) is 0. The second-order valence-electron chi connectivity index (χ2n) is 4.91. The monoisotopic (exact) mass is 260 g/mol. The topological polar surface area (TPSA) is 98.9 Å². The number of carboxylic acid groups (broad SMARTS) is 1. The van der Waals surface area contributed by atoms with Crippen molar-refractivity contribution in [1.82, 2.24) is 9.97 Å². The summed E-state index contributed by atoms with van der Waals surface area (Å²) < 4.78 is 0. The molecule has 0 aromatic carbocycles. The summed E-state index contributed by atoms with van der Waals surface area (Å²) in [6.45, 7) is 0. The summed E-state index contributed by atoms with van der Waals surface area (Å²) in [4.78, 5) is 19.2. The van der Waals surface area contributed by atoms with E-state index in [1.165, 1.54) is 12.3 Å². The average molecular weight is 260 g/mol. The summed E-state index contributed by atoms with van der Waals surface area (Å²) in [5.41, 5.74) is -0.211. The van der Waals surface area contributed by atoms with Crippen molar-refractivity contribution in [2.24, 2.45) is 0 Å². The molecule has 0 spiro atoms. The molecule has 0 saturated heterocycles. The Kier molecular flexibility index (Phi) is 3.95. The van der Waals surface area contributed by atoms with Crippen LogP contribution >= 0.6 is 0 Å². The van der Waals surface area contributed by atoms with E-state index in [2.05, 4.69) is 15.3 Å². The summed E-state index contributed by atoms with van der Waals surface area (Å²) in [6, 6.07) is 3.47. The van der Waals surface area contributed by atoms with E-state index < -0.39 is 11.5 Å². The van der Waals surface area contributed by atoms with E-state index in [1.807, 2.05) is 6.07 Å². The van der Waals surface area contributed by atoms with Gasteiger partial charge in [-0.15, -0.1) is 0 Å². The maximum absolute atomic E-state index is 11.1. The third kappa shape index (κ3) is 3.41. The first kappa shape index (κ1) is 13.3. The molecule has 1 aromatic heterocycles. The number of anilines is 1. The van der Waals surface area contributed by atoms with Gasteiger partial charge in [0.15, 0.2) is 0 Å².